The highest BCUT2D eigenvalue weighted by Gasteiger charge is 2.36. The molecule has 9 heteroatoms. The van der Waals surface area contributed by atoms with Crippen molar-refractivity contribution in [1.29, 1.82) is 0 Å². The van der Waals surface area contributed by atoms with Crippen LogP contribution < -0.4 is 16.4 Å². The van der Waals surface area contributed by atoms with Crippen molar-refractivity contribution in [2.24, 2.45) is 5.73 Å². The summed E-state index contributed by atoms with van der Waals surface area (Å²) in [5, 5.41) is 0.557. The van der Waals surface area contributed by atoms with Gasteiger partial charge in [-0.15, -0.1) is 0 Å². The number of pyridine rings is 1. The van der Waals surface area contributed by atoms with E-state index in [9.17, 15) is 9.59 Å². The van der Waals surface area contributed by atoms with Gasteiger partial charge in [0.25, 0.3) is 5.91 Å². The summed E-state index contributed by atoms with van der Waals surface area (Å²) in [4.78, 5) is 37.0. The second-order valence-electron chi connectivity index (χ2n) is 9.87. The van der Waals surface area contributed by atoms with E-state index in [2.05, 4.69) is 21.8 Å². The number of halogens is 1. The number of anilines is 3. The minimum atomic E-state index is -0.730. The van der Waals surface area contributed by atoms with Crippen LogP contribution in [-0.4, -0.2) is 59.8 Å². The van der Waals surface area contributed by atoms with Crippen LogP contribution in [0.1, 0.15) is 22.1 Å². The molecule has 1 fully saturated rings. The molecule has 1 aliphatic heterocycles. The molecule has 0 spiro atoms. The number of likely N-dealkylation sites (N-methyl/N-ethyl adjacent to an activating group) is 1. The lowest BCUT2D eigenvalue weighted by Gasteiger charge is -2.39. The van der Waals surface area contributed by atoms with Crippen LogP contribution in [0.2, 0.25) is 5.02 Å². The zero-order valence-electron chi connectivity index (χ0n) is 22.2. The Bertz CT molecular complexity index is 1490. The van der Waals surface area contributed by atoms with E-state index in [-0.39, 0.29) is 11.5 Å². The van der Waals surface area contributed by atoms with Crippen LogP contribution in [0, 0.1) is 0 Å². The molecule has 0 radical (unpaired) electrons. The number of carbonyl (C=O) groups excluding carboxylic acids is 2. The smallest absolute Gasteiger partial charge is 0.255 e. The van der Waals surface area contributed by atoms with E-state index < -0.39 is 11.9 Å². The fourth-order valence-electron chi connectivity index (χ4n) is 4.91. The third-order valence-electron chi connectivity index (χ3n) is 7.17. The monoisotopic (exact) mass is 554 g/mol. The van der Waals surface area contributed by atoms with Gasteiger partial charge in [0.05, 0.1) is 22.6 Å². The molecule has 40 heavy (non-hydrogen) atoms. The molecule has 1 saturated heterocycles. The van der Waals surface area contributed by atoms with E-state index in [1.807, 2.05) is 48.5 Å². The third-order valence-corrected chi connectivity index (χ3v) is 7.42. The molecule has 0 aliphatic carbocycles. The van der Waals surface area contributed by atoms with E-state index in [1.165, 1.54) is 6.20 Å². The topological polar surface area (TPSA) is 109 Å². The van der Waals surface area contributed by atoms with Gasteiger partial charge in [0.15, 0.2) is 0 Å². The SMILES string of the molecule is CN1CCN(C(C(=O)N(c2ccc(Cl)cc2)c2cc(-c3ccccc3)ccc2N)c2ccc(C(N)=O)cn2)CC1. The lowest BCUT2D eigenvalue weighted by molar-refractivity contribution is -0.124. The molecule has 0 saturated carbocycles. The predicted octanol–water partition coefficient (Wildman–Crippen LogP) is 4.74. The second kappa shape index (κ2) is 11.9. The zero-order chi connectivity index (χ0) is 28.2. The first-order valence-electron chi connectivity index (χ1n) is 13.0. The lowest BCUT2D eigenvalue weighted by Crippen LogP contribution is -2.50. The number of carbonyl (C=O) groups is 2. The van der Waals surface area contributed by atoms with E-state index in [4.69, 9.17) is 23.1 Å². The molecule has 2 heterocycles. The van der Waals surface area contributed by atoms with Crippen molar-refractivity contribution in [3.05, 3.63) is 107 Å². The molecule has 1 atom stereocenters. The van der Waals surface area contributed by atoms with E-state index in [1.54, 1.807) is 41.3 Å². The normalized spacial score (nSPS) is 14.9. The maximum Gasteiger partial charge on any atom is 0.255 e. The van der Waals surface area contributed by atoms with Gasteiger partial charge in [-0.2, -0.15) is 0 Å². The summed E-state index contributed by atoms with van der Waals surface area (Å²) < 4.78 is 0. The van der Waals surface area contributed by atoms with Crippen molar-refractivity contribution in [2.75, 3.05) is 43.9 Å². The van der Waals surface area contributed by atoms with Crippen LogP contribution >= 0.6 is 11.6 Å². The van der Waals surface area contributed by atoms with Gasteiger partial charge in [-0.05, 0) is 66.7 Å². The minimum absolute atomic E-state index is 0.219. The summed E-state index contributed by atoms with van der Waals surface area (Å²) in [6.07, 6.45) is 1.42. The molecule has 0 bridgehead atoms. The quantitative estimate of drug-likeness (QED) is 0.319. The van der Waals surface area contributed by atoms with Crippen LogP contribution in [-0.2, 0) is 4.79 Å². The first-order valence-corrected chi connectivity index (χ1v) is 13.4. The number of hydrogen-bond donors (Lipinski definition) is 2. The predicted molar refractivity (Wildman–Crippen MR) is 159 cm³/mol. The molecular formula is C31H31ClN6O2. The number of primary amides is 1. The molecule has 5 rings (SSSR count). The van der Waals surface area contributed by atoms with Gasteiger partial charge in [0.2, 0.25) is 5.91 Å². The van der Waals surface area contributed by atoms with E-state index in [0.717, 1.165) is 24.2 Å². The van der Waals surface area contributed by atoms with Crippen LogP contribution in [0.5, 0.6) is 0 Å². The number of nitrogens with two attached hydrogens (primary N) is 2. The van der Waals surface area contributed by atoms with Crippen molar-refractivity contribution in [2.45, 2.75) is 6.04 Å². The summed E-state index contributed by atoms with van der Waals surface area (Å²) in [6.45, 7) is 2.94. The van der Waals surface area contributed by atoms with Gasteiger partial charge >= 0.3 is 0 Å². The second-order valence-corrected chi connectivity index (χ2v) is 10.3. The summed E-state index contributed by atoms with van der Waals surface area (Å²) in [5.74, 6) is -0.794. The summed E-state index contributed by atoms with van der Waals surface area (Å²) in [5.41, 5.74) is 16.4. The van der Waals surface area contributed by atoms with Gasteiger partial charge in [0, 0.05) is 43.1 Å². The Hall–Kier alpha value is -4.24. The fraction of sp³-hybridized carbons (Fsp3) is 0.194. The molecule has 1 aromatic heterocycles. The molecular weight excluding hydrogens is 524 g/mol. The Morgan fingerprint density at radius 1 is 0.900 bits per heavy atom. The number of benzene rings is 3. The van der Waals surface area contributed by atoms with E-state index in [0.29, 0.717) is 40.9 Å². The van der Waals surface area contributed by atoms with E-state index >= 15 is 0 Å². The fourth-order valence-corrected chi connectivity index (χ4v) is 5.03. The number of amides is 2. The van der Waals surface area contributed by atoms with Crippen LogP contribution in [0.3, 0.4) is 0 Å². The van der Waals surface area contributed by atoms with Crippen molar-refractivity contribution >= 4 is 40.5 Å². The highest BCUT2D eigenvalue weighted by atomic mass is 35.5. The Morgan fingerprint density at radius 3 is 2.23 bits per heavy atom. The largest absolute Gasteiger partial charge is 0.397 e. The molecule has 2 amide bonds. The standard InChI is InChI=1S/C31H31ClN6O2/c1-36-15-17-37(18-16-36)29(27-14-8-23(20-35-27)30(34)39)31(40)38(25-11-9-24(32)10-12-25)28-19-22(7-13-26(28)33)21-5-3-2-4-6-21/h2-14,19-20,29H,15-18,33H2,1H3,(H2,34,39). The summed E-state index contributed by atoms with van der Waals surface area (Å²) >= 11 is 6.22. The molecule has 1 aliphatic rings. The van der Waals surface area contributed by atoms with Gasteiger partial charge in [-0.1, -0.05) is 48.0 Å². The molecule has 204 valence electrons. The first kappa shape index (κ1) is 27.3. The minimum Gasteiger partial charge on any atom is -0.397 e. The first-order chi connectivity index (χ1) is 19.3. The van der Waals surface area contributed by atoms with Crippen LogP contribution in [0.15, 0.2) is 91.1 Å². The lowest BCUT2D eigenvalue weighted by atomic mass is 10.0. The van der Waals surface area contributed by atoms with Crippen molar-refractivity contribution < 1.29 is 9.59 Å². The Balaban J connectivity index is 1.64. The highest BCUT2D eigenvalue weighted by molar-refractivity contribution is 6.30. The summed E-state index contributed by atoms with van der Waals surface area (Å²) in [7, 11) is 2.06. The van der Waals surface area contributed by atoms with Crippen molar-refractivity contribution in [1.82, 2.24) is 14.8 Å². The molecule has 3 aromatic carbocycles. The molecule has 4 N–H and O–H groups in total. The molecule has 1 unspecified atom stereocenters. The zero-order valence-corrected chi connectivity index (χ0v) is 23.0. The maximum atomic E-state index is 14.8. The highest BCUT2D eigenvalue weighted by Crippen LogP contribution is 2.38. The third kappa shape index (κ3) is 5.84. The number of rotatable bonds is 7. The van der Waals surface area contributed by atoms with Gasteiger partial charge in [-0.3, -0.25) is 24.4 Å². The maximum absolute atomic E-state index is 14.8. The molecule has 4 aromatic rings. The average molecular weight is 555 g/mol. The number of nitrogen functional groups attached to an aromatic ring is 1. The average Bonchev–Trinajstić information content (AvgIpc) is 2.97. The van der Waals surface area contributed by atoms with Gasteiger partial charge < -0.3 is 16.4 Å². The number of nitrogens with zero attached hydrogens (tertiary/aromatic N) is 4. The Kier molecular flexibility index (Phi) is 8.11. The number of aromatic nitrogens is 1. The Morgan fingerprint density at radius 2 is 1.60 bits per heavy atom. The van der Waals surface area contributed by atoms with Crippen molar-refractivity contribution in [3.63, 3.8) is 0 Å². The van der Waals surface area contributed by atoms with Crippen molar-refractivity contribution in [3.8, 4) is 11.1 Å². The van der Waals surface area contributed by atoms with Gasteiger partial charge in [0.1, 0.15) is 6.04 Å². The molecule has 8 nitrogen and oxygen atoms in total. The van der Waals surface area contributed by atoms with Crippen LogP contribution in [0.25, 0.3) is 11.1 Å². The number of hydrogen-bond acceptors (Lipinski definition) is 6. The van der Waals surface area contributed by atoms with Crippen LogP contribution in [0.4, 0.5) is 17.1 Å². The summed E-state index contributed by atoms with van der Waals surface area (Å²) in [6, 6.07) is 25.3. The van der Waals surface area contributed by atoms with Gasteiger partial charge in [-0.25, -0.2) is 0 Å². The Labute approximate surface area is 238 Å². The number of piperazine rings is 1.